The van der Waals surface area contributed by atoms with Gasteiger partial charge in [-0.2, -0.15) is 0 Å². The maximum absolute atomic E-state index is 12.1. The van der Waals surface area contributed by atoms with E-state index in [0.717, 1.165) is 37.9 Å². The van der Waals surface area contributed by atoms with Crippen LogP contribution in [0.4, 0.5) is 0 Å². The third kappa shape index (κ3) is 7.86. The molecule has 25 heavy (non-hydrogen) atoms. The lowest BCUT2D eigenvalue weighted by atomic mass is 10.1. The van der Waals surface area contributed by atoms with Gasteiger partial charge >= 0.3 is 5.97 Å². The Morgan fingerprint density at radius 2 is 1.96 bits per heavy atom. The van der Waals surface area contributed by atoms with Crippen LogP contribution < -0.4 is 5.32 Å². The minimum Gasteiger partial charge on any atom is -0.480 e. The number of likely N-dealkylation sites (N-methyl/N-ethyl adjacent to an activating group) is 1. The first-order valence-electron chi connectivity index (χ1n) is 8.49. The molecule has 1 aromatic rings. The summed E-state index contributed by atoms with van der Waals surface area (Å²) >= 11 is 0. The van der Waals surface area contributed by atoms with Gasteiger partial charge in [0.15, 0.2) is 0 Å². The van der Waals surface area contributed by atoms with E-state index in [-0.39, 0.29) is 30.9 Å². The number of rotatable bonds is 7. The molecule has 0 bridgehead atoms. The summed E-state index contributed by atoms with van der Waals surface area (Å²) in [7, 11) is 1.86. The Hall–Kier alpha value is -1.63. The number of carbonyl (C=O) groups excluding carboxylic acids is 1. The van der Waals surface area contributed by atoms with Gasteiger partial charge in [0.05, 0.1) is 13.1 Å². The van der Waals surface area contributed by atoms with Crippen molar-refractivity contribution in [3.63, 3.8) is 0 Å². The molecule has 7 heteroatoms. The summed E-state index contributed by atoms with van der Waals surface area (Å²) in [5.41, 5.74) is 1.09. The molecule has 6 nitrogen and oxygen atoms in total. The number of carbonyl (C=O) groups is 2. The predicted molar refractivity (Wildman–Crippen MR) is 99.9 cm³/mol. The van der Waals surface area contributed by atoms with E-state index >= 15 is 0 Å². The summed E-state index contributed by atoms with van der Waals surface area (Å²) in [6.45, 7) is 2.74. The average molecular weight is 370 g/mol. The number of aliphatic carboxylic acids is 1. The molecule has 1 aromatic carbocycles. The standard InChI is InChI=1S/C18H27N3O3.ClH/c1-20(14-18(23)24)16-8-5-10-21(11-9-16)13-17(22)19-12-15-6-3-2-4-7-15;/h2-4,6-7,16H,5,8-14H2,1H3,(H,19,22)(H,23,24);1H. The van der Waals surface area contributed by atoms with Gasteiger partial charge in [-0.3, -0.25) is 19.4 Å². The number of halogens is 1. The first-order chi connectivity index (χ1) is 11.5. The molecule has 140 valence electrons. The third-order valence-corrected chi connectivity index (χ3v) is 4.50. The number of carboxylic acids is 1. The van der Waals surface area contributed by atoms with Crippen molar-refractivity contribution < 1.29 is 14.7 Å². The Labute approximate surface area is 155 Å². The van der Waals surface area contributed by atoms with E-state index in [1.807, 2.05) is 42.3 Å². The third-order valence-electron chi connectivity index (χ3n) is 4.50. The number of benzene rings is 1. The van der Waals surface area contributed by atoms with Crippen LogP contribution in [0, 0.1) is 0 Å². The van der Waals surface area contributed by atoms with Gasteiger partial charge in [-0.15, -0.1) is 12.4 Å². The monoisotopic (exact) mass is 369 g/mol. The lowest BCUT2D eigenvalue weighted by Crippen LogP contribution is -2.39. The van der Waals surface area contributed by atoms with Crippen LogP contribution in [0.3, 0.4) is 0 Å². The smallest absolute Gasteiger partial charge is 0.317 e. The van der Waals surface area contributed by atoms with Crippen molar-refractivity contribution in [2.75, 3.05) is 33.2 Å². The van der Waals surface area contributed by atoms with Crippen molar-refractivity contribution in [1.29, 1.82) is 0 Å². The van der Waals surface area contributed by atoms with Gasteiger partial charge in [-0.1, -0.05) is 30.3 Å². The average Bonchev–Trinajstić information content (AvgIpc) is 2.79. The molecular weight excluding hydrogens is 342 g/mol. The molecule has 1 aliphatic rings. The minimum atomic E-state index is -0.793. The highest BCUT2D eigenvalue weighted by atomic mass is 35.5. The second kappa shape index (κ2) is 11.1. The summed E-state index contributed by atoms with van der Waals surface area (Å²) in [6, 6.07) is 10.2. The molecule has 0 spiro atoms. The van der Waals surface area contributed by atoms with Crippen LogP contribution in [0.15, 0.2) is 30.3 Å². The molecule has 0 saturated carbocycles. The molecule has 1 fully saturated rings. The molecule has 1 amide bonds. The zero-order chi connectivity index (χ0) is 17.4. The Bertz CT molecular complexity index is 542. The molecule has 0 radical (unpaired) electrons. The predicted octanol–water partition coefficient (Wildman–Crippen LogP) is 1.60. The van der Waals surface area contributed by atoms with Crippen LogP contribution in [0.1, 0.15) is 24.8 Å². The van der Waals surface area contributed by atoms with Crippen molar-refractivity contribution in [3.05, 3.63) is 35.9 Å². The van der Waals surface area contributed by atoms with Crippen LogP contribution in [-0.2, 0) is 16.1 Å². The maximum Gasteiger partial charge on any atom is 0.317 e. The van der Waals surface area contributed by atoms with Crippen molar-refractivity contribution in [2.24, 2.45) is 0 Å². The SMILES string of the molecule is CN(CC(=O)O)C1CCCN(CC(=O)NCc2ccccc2)CC1.Cl. The van der Waals surface area contributed by atoms with E-state index in [9.17, 15) is 9.59 Å². The fraction of sp³-hybridized carbons (Fsp3) is 0.556. The van der Waals surface area contributed by atoms with E-state index in [0.29, 0.717) is 13.1 Å². The highest BCUT2D eigenvalue weighted by Crippen LogP contribution is 2.15. The van der Waals surface area contributed by atoms with Gasteiger partial charge in [-0.25, -0.2) is 0 Å². The number of hydrogen-bond acceptors (Lipinski definition) is 4. The summed E-state index contributed by atoms with van der Waals surface area (Å²) in [4.78, 5) is 27.0. The lowest BCUT2D eigenvalue weighted by Gasteiger charge is -2.25. The molecular formula is C18H28ClN3O3. The van der Waals surface area contributed by atoms with Crippen molar-refractivity contribution in [3.8, 4) is 0 Å². The lowest BCUT2D eigenvalue weighted by molar-refractivity contribution is -0.138. The fourth-order valence-corrected chi connectivity index (χ4v) is 3.14. The molecule has 2 rings (SSSR count). The van der Waals surface area contributed by atoms with Crippen molar-refractivity contribution in [1.82, 2.24) is 15.1 Å². The number of carboxylic acid groups (broad SMARTS) is 1. The largest absolute Gasteiger partial charge is 0.480 e. The Kier molecular flexibility index (Phi) is 9.49. The summed E-state index contributed by atoms with van der Waals surface area (Å²) in [5.74, 6) is -0.755. The molecule has 0 aromatic heterocycles. The number of amides is 1. The Balaban J connectivity index is 0.00000312. The maximum atomic E-state index is 12.1. The van der Waals surface area contributed by atoms with Gasteiger partial charge in [0.25, 0.3) is 0 Å². The number of nitrogens with zero attached hydrogens (tertiary/aromatic N) is 2. The first kappa shape index (κ1) is 21.4. The van der Waals surface area contributed by atoms with Gasteiger partial charge in [-0.05, 0) is 38.4 Å². The molecule has 1 atom stereocenters. The highest BCUT2D eigenvalue weighted by Gasteiger charge is 2.22. The molecule has 1 saturated heterocycles. The molecule has 1 heterocycles. The van der Waals surface area contributed by atoms with Crippen LogP contribution >= 0.6 is 12.4 Å². The molecule has 1 aliphatic heterocycles. The second-order valence-electron chi connectivity index (χ2n) is 6.43. The number of likely N-dealkylation sites (tertiary alicyclic amines) is 1. The Morgan fingerprint density at radius 3 is 2.64 bits per heavy atom. The molecule has 1 unspecified atom stereocenters. The number of nitrogens with one attached hydrogen (secondary N) is 1. The summed E-state index contributed by atoms with van der Waals surface area (Å²) in [5, 5.41) is 11.9. The van der Waals surface area contributed by atoms with Crippen LogP contribution in [0.25, 0.3) is 0 Å². The molecule has 0 aliphatic carbocycles. The first-order valence-corrected chi connectivity index (χ1v) is 8.49. The fourth-order valence-electron chi connectivity index (χ4n) is 3.14. The van der Waals surface area contributed by atoms with Crippen LogP contribution in [0.2, 0.25) is 0 Å². The van der Waals surface area contributed by atoms with E-state index in [1.54, 1.807) is 0 Å². The quantitative estimate of drug-likeness (QED) is 0.763. The van der Waals surface area contributed by atoms with Crippen molar-refractivity contribution in [2.45, 2.75) is 31.8 Å². The van der Waals surface area contributed by atoms with E-state index in [4.69, 9.17) is 5.11 Å². The van der Waals surface area contributed by atoms with Gasteiger partial charge in [0.1, 0.15) is 0 Å². The minimum absolute atomic E-state index is 0. The van der Waals surface area contributed by atoms with E-state index in [2.05, 4.69) is 10.2 Å². The van der Waals surface area contributed by atoms with E-state index in [1.165, 1.54) is 0 Å². The summed E-state index contributed by atoms with van der Waals surface area (Å²) in [6.07, 6.45) is 2.86. The Morgan fingerprint density at radius 1 is 1.24 bits per heavy atom. The number of hydrogen-bond donors (Lipinski definition) is 2. The van der Waals surface area contributed by atoms with Gasteiger partial charge < -0.3 is 10.4 Å². The van der Waals surface area contributed by atoms with Gasteiger partial charge in [0.2, 0.25) is 5.91 Å². The highest BCUT2D eigenvalue weighted by molar-refractivity contribution is 5.85. The summed E-state index contributed by atoms with van der Waals surface area (Å²) < 4.78 is 0. The second-order valence-corrected chi connectivity index (χ2v) is 6.43. The zero-order valence-electron chi connectivity index (χ0n) is 14.7. The molecule has 2 N–H and O–H groups in total. The zero-order valence-corrected chi connectivity index (χ0v) is 15.5. The van der Waals surface area contributed by atoms with E-state index < -0.39 is 5.97 Å². The van der Waals surface area contributed by atoms with Gasteiger partial charge in [0, 0.05) is 19.1 Å². The van der Waals surface area contributed by atoms with Crippen molar-refractivity contribution >= 4 is 24.3 Å². The van der Waals surface area contributed by atoms with Crippen LogP contribution in [0.5, 0.6) is 0 Å². The normalized spacial score (nSPS) is 18.2. The van der Waals surface area contributed by atoms with Crippen LogP contribution in [-0.4, -0.2) is 66.1 Å². The topological polar surface area (TPSA) is 72.9 Å².